The quantitative estimate of drug-likeness (QED) is 0.560. The average Bonchev–Trinajstić information content (AvgIpc) is 2.83. The van der Waals surface area contributed by atoms with Crippen molar-refractivity contribution in [2.24, 2.45) is 5.84 Å². The third-order valence-electron chi connectivity index (χ3n) is 3.18. The molecule has 5 nitrogen and oxygen atoms in total. The molecule has 1 aromatic heterocycles. The monoisotopic (exact) mass is 267 g/mol. The van der Waals surface area contributed by atoms with Crippen molar-refractivity contribution in [1.29, 1.82) is 0 Å². The van der Waals surface area contributed by atoms with Gasteiger partial charge in [-0.05, 0) is 25.5 Å². The van der Waals surface area contributed by atoms with E-state index in [4.69, 9.17) is 5.84 Å². The molecule has 2 rings (SSSR count). The molecule has 1 aliphatic heterocycles. The molecule has 1 fully saturated rings. The molecule has 1 unspecified atom stereocenters. The molecule has 1 atom stereocenters. The highest BCUT2D eigenvalue weighted by atomic mass is 32.2. The van der Waals surface area contributed by atoms with E-state index >= 15 is 0 Å². The standard InChI is InChI=1S/C12H21N5S/c1-3-9-15-10(7-11(16-9)17-13)14-8-12(2)5-4-6-18-12/h7H,3-6,8,13H2,1-2H3,(H2,14,15,16,17). The van der Waals surface area contributed by atoms with Gasteiger partial charge in [-0.1, -0.05) is 6.92 Å². The van der Waals surface area contributed by atoms with Crippen molar-refractivity contribution < 1.29 is 0 Å². The van der Waals surface area contributed by atoms with Crippen molar-refractivity contribution >= 4 is 23.4 Å². The van der Waals surface area contributed by atoms with Crippen molar-refractivity contribution in [3.8, 4) is 0 Å². The van der Waals surface area contributed by atoms with E-state index in [2.05, 4.69) is 27.6 Å². The van der Waals surface area contributed by atoms with Crippen LogP contribution in [-0.4, -0.2) is 27.0 Å². The van der Waals surface area contributed by atoms with Gasteiger partial charge in [-0.15, -0.1) is 0 Å². The number of thioether (sulfide) groups is 1. The number of anilines is 2. The van der Waals surface area contributed by atoms with Gasteiger partial charge in [-0.3, -0.25) is 0 Å². The SMILES string of the molecule is CCc1nc(NN)cc(NCC2(C)CCCS2)n1. The van der Waals surface area contributed by atoms with Crippen molar-refractivity contribution in [2.75, 3.05) is 23.0 Å². The zero-order valence-corrected chi connectivity index (χ0v) is 11.8. The number of nitrogen functional groups attached to an aromatic ring is 1. The third kappa shape index (κ3) is 3.26. The first-order valence-electron chi connectivity index (χ1n) is 6.37. The van der Waals surface area contributed by atoms with Crippen molar-refractivity contribution in [3.05, 3.63) is 11.9 Å². The molecule has 18 heavy (non-hydrogen) atoms. The summed E-state index contributed by atoms with van der Waals surface area (Å²) in [6.45, 7) is 5.27. The van der Waals surface area contributed by atoms with Crippen LogP contribution < -0.4 is 16.6 Å². The number of aryl methyl sites for hydroxylation is 1. The second-order valence-electron chi connectivity index (χ2n) is 4.81. The Morgan fingerprint density at radius 2 is 2.22 bits per heavy atom. The number of rotatable bonds is 5. The highest BCUT2D eigenvalue weighted by molar-refractivity contribution is 8.00. The molecule has 0 spiro atoms. The number of hydrogen-bond acceptors (Lipinski definition) is 6. The van der Waals surface area contributed by atoms with Crippen LogP contribution in [0.3, 0.4) is 0 Å². The van der Waals surface area contributed by atoms with Gasteiger partial charge in [0.2, 0.25) is 0 Å². The average molecular weight is 267 g/mol. The molecule has 0 saturated carbocycles. The number of nitrogens with zero attached hydrogens (tertiary/aromatic N) is 2. The van der Waals surface area contributed by atoms with Crippen molar-refractivity contribution in [2.45, 2.75) is 37.9 Å². The maximum atomic E-state index is 5.41. The number of nitrogens with two attached hydrogens (primary N) is 1. The Morgan fingerprint density at radius 1 is 1.44 bits per heavy atom. The number of hydrogen-bond donors (Lipinski definition) is 3. The summed E-state index contributed by atoms with van der Waals surface area (Å²) in [5.41, 5.74) is 2.58. The lowest BCUT2D eigenvalue weighted by Crippen LogP contribution is -2.27. The molecule has 0 radical (unpaired) electrons. The lowest BCUT2D eigenvalue weighted by Gasteiger charge is -2.23. The maximum Gasteiger partial charge on any atom is 0.145 e. The Morgan fingerprint density at radius 3 is 2.83 bits per heavy atom. The van der Waals surface area contributed by atoms with Gasteiger partial charge in [0, 0.05) is 23.8 Å². The predicted octanol–water partition coefficient (Wildman–Crippen LogP) is 2.02. The molecule has 2 heterocycles. The zero-order valence-electron chi connectivity index (χ0n) is 11.0. The molecule has 100 valence electrons. The highest BCUT2D eigenvalue weighted by Gasteiger charge is 2.29. The smallest absolute Gasteiger partial charge is 0.145 e. The van der Waals surface area contributed by atoms with E-state index in [0.717, 1.165) is 24.6 Å². The fourth-order valence-corrected chi connectivity index (χ4v) is 3.32. The van der Waals surface area contributed by atoms with Crippen LogP contribution in [0, 0.1) is 0 Å². The largest absolute Gasteiger partial charge is 0.369 e. The Bertz CT molecular complexity index is 381. The van der Waals surface area contributed by atoms with E-state index < -0.39 is 0 Å². The van der Waals surface area contributed by atoms with Gasteiger partial charge in [0.25, 0.3) is 0 Å². The van der Waals surface area contributed by atoms with E-state index in [-0.39, 0.29) is 0 Å². The number of nitrogens with one attached hydrogen (secondary N) is 2. The van der Waals surface area contributed by atoms with Crippen molar-refractivity contribution in [3.63, 3.8) is 0 Å². The molecule has 1 saturated heterocycles. The minimum atomic E-state index is 0.327. The Hall–Kier alpha value is -1.01. The van der Waals surface area contributed by atoms with Crippen LogP contribution in [0.15, 0.2) is 6.07 Å². The molecular formula is C12H21N5S. The van der Waals surface area contributed by atoms with Gasteiger partial charge < -0.3 is 10.7 Å². The minimum Gasteiger partial charge on any atom is -0.369 e. The summed E-state index contributed by atoms with van der Waals surface area (Å²) in [5, 5.41) is 3.41. The number of aromatic nitrogens is 2. The fraction of sp³-hybridized carbons (Fsp3) is 0.667. The van der Waals surface area contributed by atoms with E-state index in [1.54, 1.807) is 0 Å². The summed E-state index contributed by atoms with van der Waals surface area (Å²) in [7, 11) is 0. The summed E-state index contributed by atoms with van der Waals surface area (Å²) in [6, 6.07) is 1.85. The maximum absolute atomic E-state index is 5.41. The Kier molecular flexibility index (Phi) is 4.29. The second kappa shape index (κ2) is 5.75. The molecule has 1 aromatic rings. The van der Waals surface area contributed by atoms with Crippen LogP contribution in [0.4, 0.5) is 11.6 Å². The third-order valence-corrected chi connectivity index (χ3v) is 4.72. The zero-order chi connectivity index (χ0) is 13.0. The first-order valence-corrected chi connectivity index (χ1v) is 7.36. The van der Waals surface area contributed by atoms with E-state index in [1.807, 2.05) is 24.8 Å². The topological polar surface area (TPSA) is 75.9 Å². The molecule has 4 N–H and O–H groups in total. The first-order chi connectivity index (χ1) is 8.65. The molecule has 0 aromatic carbocycles. The first kappa shape index (κ1) is 13.4. The Labute approximate surface area is 112 Å². The normalized spacial score (nSPS) is 23.1. The van der Waals surface area contributed by atoms with Crippen LogP contribution in [0.25, 0.3) is 0 Å². The summed E-state index contributed by atoms with van der Waals surface area (Å²) in [5.74, 6) is 8.99. The van der Waals surface area contributed by atoms with Gasteiger partial charge in [0.1, 0.15) is 17.5 Å². The highest BCUT2D eigenvalue weighted by Crippen LogP contribution is 2.37. The molecule has 0 bridgehead atoms. The van der Waals surface area contributed by atoms with E-state index in [1.165, 1.54) is 18.6 Å². The lowest BCUT2D eigenvalue weighted by atomic mass is 10.1. The second-order valence-corrected chi connectivity index (χ2v) is 6.49. The lowest BCUT2D eigenvalue weighted by molar-refractivity contribution is 0.633. The van der Waals surface area contributed by atoms with Gasteiger partial charge in [0.15, 0.2) is 0 Å². The van der Waals surface area contributed by atoms with Crippen LogP contribution in [-0.2, 0) is 6.42 Å². The summed E-state index contributed by atoms with van der Waals surface area (Å²) >= 11 is 2.04. The van der Waals surface area contributed by atoms with Gasteiger partial charge in [-0.25, -0.2) is 15.8 Å². The summed E-state index contributed by atoms with van der Waals surface area (Å²) < 4.78 is 0.327. The fourth-order valence-electron chi connectivity index (χ4n) is 2.07. The Balaban J connectivity index is 2.04. The van der Waals surface area contributed by atoms with Crippen molar-refractivity contribution in [1.82, 2.24) is 9.97 Å². The molecule has 0 amide bonds. The molecule has 0 aliphatic carbocycles. The van der Waals surface area contributed by atoms with Gasteiger partial charge in [0.05, 0.1) is 0 Å². The number of hydrazine groups is 1. The molecule has 1 aliphatic rings. The van der Waals surface area contributed by atoms with Gasteiger partial charge >= 0.3 is 0 Å². The van der Waals surface area contributed by atoms with Crippen LogP contribution in [0.5, 0.6) is 0 Å². The summed E-state index contributed by atoms with van der Waals surface area (Å²) in [4.78, 5) is 8.74. The molecular weight excluding hydrogens is 246 g/mol. The van der Waals surface area contributed by atoms with E-state index in [0.29, 0.717) is 10.6 Å². The predicted molar refractivity (Wildman–Crippen MR) is 77.8 cm³/mol. The summed E-state index contributed by atoms with van der Waals surface area (Å²) in [6.07, 6.45) is 3.37. The minimum absolute atomic E-state index is 0.327. The van der Waals surface area contributed by atoms with Gasteiger partial charge in [-0.2, -0.15) is 11.8 Å². The van der Waals surface area contributed by atoms with Crippen LogP contribution in [0.2, 0.25) is 0 Å². The van der Waals surface area contributed by atoms with Crippen LogP contribution in [0.1, 0.15) is 32.5 Å². The molecule has 6 heteroatoms. The van der Waals surface area contributed by atoms with E-state index in [9.17, 15) is 0 Å². The van der Waals surface area contributed by atoms with Crippen LogP contribution >= 0.6 is 11.8 Å².